The number of nitrogens with zero attached hydrogens (tertiary/aromatic N) is 1. The van der Waals surface area contributed by atoms with E-state index in [1.807, 2.05) is 42.5 Å². The summed E-state index contributed by atoms with van der Waals surface area (Å²) < 4.78 is 5.35. The maximum absolute atomic E-state index is 5.35. The number of hydrogen-bond donors (Lipinski definition) is 0. The molecule has 0 unspecified atom stereocenters. The van der Waals surface area contributed by atoms with E-state index in [1.165, 1.54) is 0 Å². The Morgan fingerprint density at radius 2 is 2.00 bits per heavy atom. The molecule has 2 nitrogen and oxygen atoms in total. The molecule has 0 N–H and O–H groups in total. The van der Waals surface area contributed by atoms with Crippen molar-refractivity contribution in [3.05, 3.63) is 60.1 Å². The second-order valence-corrected chi connectivity index (χ2v) is 3.89. The Kier molecular flexibility index (Phi) is 4.38. The smallest absolute Gasteiger partial charge is 0.148 e. The Morgan fingerprint density at radius 1 is 1.17 bits per heavy atom. The number of hydrogen-bond acceptors (Lipinski definition) is 2. The van der Waals surface area contributed by atoms with Gasteiger partial charge in [-0.1, -0.05) is 31.5 Å². The molecule has 0 aliphatic rings. The summed E-state index contributed by atoms with van der Waals surface area (Å²) >= 11 is 0. The third-order valence-corrected chi connectivity index (χ3v) is 2.46. The largest absolute Gasteiger partial charge is 0.463 e. The average Bonchev–Trinajstić information content (AvgIpc) is 2.93. The van der Waals surface area contributed by atoms with Gasteiger partial charge >= 0.3 is 0 Å². The molecule has 2 rings (SSSR count). The van der Waals surface area contributed by atoms with Gasteiger partial charge < -0.3 is 4.42 Å². The second kappa shape index (κ2) is 6.46. The molecule has 0 aliphatic heterocycles. The van der Waals surface area contributed by atoms with Crippen LogP contribution in [0, 0.1) is 12.0 Å². The van der Waals surface area contributed by atoms with Gasteiger partial charge in [-0.2, -0.15) is 4.99 Å². The Labute approximate surface area is 107 Å². The first-order chi connectivity index (χ1) is 8.90. The Balaban J connectivity index is 2.17. The minimum atomic E-state index is 0.805. The molecule has 0 atom stereocenters. The van der Waals surface area contributed by atoms with Gasteiger partial charge in [-0.15, -0.1) is 0 Å². The molecule has 1 aromatic heterocycles. The Morgan fingerprint density at radius 3 is 2.67 bits per heavy atom. The summed E-state index contributed by atoms with van der Waals surface area (Å²) in [6.07, 6.45) is 3.55. The number of furan rings is 1. The molecule has 0 aliphatic carbocycles. The predicted octanol–water partition coefficient (Wildman–Crippen LogP) is 3.88. The van der Waals surface area contributed by atoms with Crippen molar-refractivity contribution < 1.29 is 4.42 Å². The van der Waals surface area contributed by atoms with Crippen LogP contribution in [0.3, 0.4) is 0 Å². The highest BCUT2D eigenvalue weighted by Crippen LogP contribution is 2.07. The second-order valence-electron chi connectivity index (χ2n) is 3.89. The van der Waals surface area contributed by atoms with Gasteiger partial charge in [0.05, 0.1) is 12.0 Å². The average molecular weight is 237 g/mol. The van der Waals surface area contributed by atoms with Crippen LogP contribution in [0.25, 0.3) is 0 Å². The summed E-state index contributed by atoms with van der Waals surface area (Å²) in [5, 5.41) is 0. The van der Waals surface area contributed by atoms with Crippen LogP contribution < -0.4 is 0 Å². The molecular formula is C16H15NO. The van der Waals surface area contributed by atoms with E-state index in [0.29, 0.717) is 0 Å². The maximum atomic E-state index is 5.35. The topological polar surface area (TPSA) is 25.5 Å². The molecular weight excluding hydrogens is 222 g/mol. The monoisotopic (exact) mass is 237 g/mol. The zero-order chi connectivity index (χ0) is 12.6. The molecule has 0 fully saturated rings. The van der Waals surface area contributed by atoms with Crippen LogP contribution in [-0.2, 0) is 0 Å². The highest BCUT2D eigenvalue weighted by atomic mass is 16.3. The molecule has 2 heteroatoms. The molecule has 1 aromatic carbocycles. The van der Waals surface area contributed by atoms with Gasteiger partial charge in [0.1, 0.15) is 5.76 Å². The lowest BCUT2D eigenvalue weighted by Crippen LogP contribution is -1.97. The van der Waals surface area contributed by atoms with Crippen molar-refractivity contribution in [3.63, 3.8) is 0 Å². The molecule has 0 bridgehead atoms. The van der Waals surface area contributed by atoms with Crippen molar-refractivity contribution in [3.8, 4) is 12.0 Å². The van der Waals surface area contributed by atoms with E-state index in [4.69, 9.17) is 4.42 Å². The van der Waals surface area contributed by atoms with E-state index in [0.717, 1.165) is 29.9 Å². The molecule has 0 saturated carbocycles. The van der Waals surface area contributed by atoms with Crippen molar-refractivity contribution in [1.82, 2.24) is 0 Å². The van der Waals surface area contributed by atoms with Crippen molar-refractivity contribution in [1.29, 1.82) is 0 Å². The zero-order valence-corrected chi connectivity index (χ0v) is 10.4. The van der Waals surface area contributed by atoms with Crippen molar-refractivity contribution in [2.45, 2.75) is 19.8 Å². The highest BCUT2D eigenvalue weighted by Gasteiger charge is 2.04. The van der Waals surface area contributed by atoms with Crippen LogP contribution in [0.2, 0.25) is 0 Å². The molecule has 0 radical (unpaired) electrons. The molecule has 2 aromatic rings. The van der Waals surface area contributed by atoms with E-state index in [2.05, 4.69) is 23.9 Å². The zero-order valence-electron chi connectivity index (χ0n) is 10.4. The van der Waals surface area contributed by atoms with Crippen molar-refractivity contribution in [2.24, 2.45) is 4.99 Å². The Hall–Kier alpha value is -2.27. The van der Waals surface area contributed by atoms with Crippen LogP contribution >= 0.6 is 0 Å². The lowest BCUT2D eigenvalue weighted by atomic mass is 10.2. The van der Waals surface area contributed by atoms with Gasteiger partial charge in [0, 0.05) is 11.6 Å². The fourth-order valence-electron chi connectivity index (χ4n) is 1.60. The van der Waals surface area contributed by atoms with Crippen LogP contribution in [0.15, 0.2) is 58.1 Å². The molecule has 1 heterocycles. The van der Waals surface area contributed by atoms with Gasteiger partial charge in [-0.3, -0.25) is 0 Å². The summed E-state index contributed by atoms with van der Waals surface area (Å²) in [4.78, 5) is 4.31. The lowest BCUT2D eigenvalue weighted by molar-refractivity contribution is 0.555. The van der Waals surface area contributed by atoms with E-state index >= 15 is 0 Å². The van der Waals surface area contributed by atoms with Gasteiger partial charge in [0.2, 0.25) is 0 Å². The molecule has 0 amide bonds. The lowest BCUT2D eigenvalue weighted by Gasteiger charge is -1.97. The summed E-state index contributed by atoms with van der Waals surface area (Å²) in [6.45, 7) is 2.11. The van der Waals surface area contributed by atoms with E-state index in [-0.39, 0.29) is 0 Å². The van der Waals surface area contributed by atoms with Crippen LogP contribution in [0.1, 0.15) is 31.1 Å². The van der Waals surface area contributed by atoms with Crippen molar-refractivity contribution >= 4 is 5.71 Å². The van der Waals surface area contributed by atoms with E-state index in [1.54, 1.807) is 6.26 Å². The van der Waals surface area contributed by atoms with Gasteiger partial charge in [-0.05, 0) is 36.6 Å². The molecule has 0 spiro atoms. The fourth-order valence-corrected chi connectivity index (χ4v) is 1.60. The first-order valence-electron chi connectivity index (χ1n) is 6.06. The van der Waals surface area contributed by atoms with Crippen LogP contribution in [0.5, 0.6) is 0 Å². The first-order valence-corrected chi connectivity index (χ1v) is 6.06. The van der Waals surface area contributed by atoms with E-state index in [9.17, 15) is 0 Å². The molecule has 18 heavy (non-hydrogen) atoms. The van der Waals surface area contributed by atoms with Crippen molar-refractivity contribution in [2.75, 3.05) is 0 Å². The van der Waals surface area contributed by atoms with Gasteiger partial charge in [0.15, 0.2) is 0 Å². The predicted molar refractivity (Wildman–Crippen MR) is 73.5 cm³/mol. The third kappa shape index (κ3) is 3.36. The standard InChI is InChI=1S/C16H15NO/c1-2-7-15(16-10-6-13-18-16)17-12-11-14-8-4-3-5-9-14/h3-6,8-10,13H,2,7H2,1H3. The highest BCUT2D eigenvalue weighted by molar-refractivity contribution is 5.98. The number of rotatable bonds is 3. The minimum absolute atomic E-state index is 0.805. The summed E-state index contributed by atoms with van der Waals surface area (Å²) in [5.74, 6) is 3.82. The fraction of sp³-hybridized carbons (Fsp3) is 0.188. The number of aliphatic imine (C=N–C) groups is 1. The van der Waals surface area contributed by atoms with E-state index < -0.39 is 0 Å². The summed E-state index contributed by atoms with van der Waals surface area (Å²) in [7, 11) is 0. The van der Waals surface area contributed by atoms with Gasteiger partial charge in [-0.25, -0.2) is 0 Å². The first kappa shape index (κ1) is 12.2. The number of benzene rings is 1. The maximum Gasteiger partial charge on any atom is 0.148 e. The quantitative estimate of drug-likeness (QED) is 0.587. The SMILES string of the molecule is CCCC(=NC#Cc1ccccc1)c1ccco1. The van der Waals surface area contributed by atoms with Crippen LogP contribution in [0.4, 0.5) is 0 Å². The minimum Gasteiger partial charge on any atom is -0.463 e. The third-order valence-electron chi connectivity index (χ3n) is 2.46. The Bertz CT molecular complexity index is 556. The summed E-state index contributed by atoms with van der Waals surface area (Å²) in [5.41, 5.74) is 1.88. The summed E-state index contributed by atoms with van der Waals surface area (Å²) in [6, 6.07) is 16.5. The molecule has 0 saturated heterocycles. The van der Waals surface area contributed by atoms with Crippen LogP contribution in [-0.4, -0.2) is 5.71 Å². The normalized spacial score (nSPS) is 10.8. The van der Waals surface area contributed by atoms with Gasteiger partial charge in [0.25, 0.3) is 0 Å². The molecule has 90 valence electrons.